The van der Waals surface area contributed by atoms with Gasteiger partial charge < -0.3 is 14.5 Å². The Hall–Kier alpha value is -2.19. The summed E-state index contributed by atoms with van der Waals surface area (Å²) in [7, 11) is 5.94. The molecule has 3 rings (SSSR count). The predicted octanol–water partition coefficient (Wildman–Crippen LogP) is 0.927. The van der Waals surface area contributed by atoms with Gasteiger partial charge in [-0.05, 0) is 26.6 Å². The molecule has 0 N–H and O–H groups in total. The highest BCUT2D eigenvalue weighted by molar-refractivity contribution is 5.77. The molecule has 1 saturated heterocycles. The molecular weight excluding hydrogens is 332 g/mol. The molecule has 1 amide bonds. The summed E-state index contributed by atoms with van der Waals surface area (Å²) in [4.78, 5) is 17.0. The molecule has 0 spiro atoms. The van der Waals surface area contributed by atoms with Crippen molar-refractivity contribution in [3.05, 3.63) is 36.4 Å². The third kappa shape index (κ3) is 4.50. The van der Waals surface area contributed by atoms with E-state index >= 15 is 0 Å². The molecule has 1 aliphatic rings. The second kappa shape index (κ2) is 8.46. The van der Waals surface area contributed by atoms with Crippen LogP contribution in [0, 0.1) is 0 Å². The Balaban J connectivity index is 1.70. The van der Waals surface area contributed by atoms with Gasteiger partial charge in [-0.25, -0.2) is 0 Å². The number of rotatable bonds is 7. The maximum atomic E-state index is 12.9. The third-order valence-electron chi connectivity index (χ3n) is 4.62. The van der Waals surface area contributed by atoms with Crippen molar-refractivity contribution in [3.63, 3.8) is 0 Å². The van der Waals surface area contributed by atoms with E-state index in [4.69, 9.17) is 4.74 Å². The molecule has 0 unspecified atom stereocenters. The summed E-state index contributed by atoms with van der Waals surface area (Å²) in [5.74, 6) is 0.165. The van der Waals surface area contributed by atoms with Gasteiger partial charge in [-0.3, -0.25) is 14.2 Å². The second-order valence-corrected chi connectivity index (χ2v) is 7.02. The van der Waals surface area contributed by atoms with Crippen LogP contribution < -0.4 is 0 Å². The maximum absolute atomic E-state index is 12.9. The van der Waals surface area contributed by atoms with Crippen molar-refractivity contribution >= 4 is 5.91 Å². The van der Waals surface area contributed by atoms with Gasteiger partial charge in [0.1, 0.15) is 0 Å². The zero-order valence-corrected chi connectivity index (χ0v) is 15.8. The summed E-state index contributed by atoms with van der Waals surface area (Å²) in [6.45, 7) is 2.70. The molecule has 3 heterocycles. The molecule has 0 bridgehead atoms. The molecule has 26 heavy (non-hydrogen) atoms. The minimum absolute atomic E-state index is 0.0574. The second-order valence-electron chi connectivity index (χ2n) is 7.02. The molecule has 0 saturated carbocycles. The molecule has 2 aromatic heterocycles. The zero-order valence-electron chi connectivity index (χ0n) is 15.8. The van der Waals surface area contributed by atoms with Crippen LogP contribution in [0.15, 0.2) is 30.9 Å². The number of nitrogens with zero attached hydrogens (tertiary/aromatic N) is 6. The van der Waals surface area contributed by atoms with E-state index in [0.717, 1.165) is 25.1 Å². The summed E-state index contributed by atoms with van der Waals surface area (Å²) in [5, 5.41) is 8.48. The van der Waals surface area contributed by atoms with Gasteiger partial charge >= 0.3 is 0 Å². The summed E-state index contributed by atoms with van der Waals surface area (Å²) in [6, 6.07) is 1.80. The number of hydrogen-bond acceptors (Lipinski definition) is 5. The highest BCUT2D eigenvalue weighted by atomic mass is 16.5. The number of aryl methyl sites for hydroxylation is 2. The van der Waals surface area contributed by atoms with Crippen LogP contribution in [0.25, 0.3) is 0 Å². The van der Waals surface area contributed by atoms with E-state index in [2.05, 4.69) is 15.1 Å². The fraction of sp³-hybridized carbons (Fsp3) is 0.611. The Morgan fingerprint density at radius 3 is 2.88 bits per heavy atom. The fourth-order valence-electron chi connectivity index (χ4n) is 3.48. The minimum atomic E-state index is -0.1000. The minimum Gasteiger partial charge on any atom is -0.373 e. The van der Waals surface area contributed by atoms with Crippen molar-refractivity contribution in [2.45, 2.75) is 31.5 Å². The van der Waals surface area contributed by atoms with Crippen LogP contribution in [0.1, 0.15) is 24.4 Å². The molecule has 1 fully saturated rings. The van der Waals surface area contributed by atoms with E-state index in [1.807, 2.05) is 55.4 Å². The molecule has 8 heteroatoms. The van der Waals surface area contributed by atoms with E-state index in [-0.39, 0.29) is 18.1 Å². The highest BCUT2D eigenvalue weighted by Gasteiger charge is 2.37. The van der Waals surface area contributed by atoms with Crippen LogP contribution in [0.4, 0.5) is 0 Å². The van der Waals surface area contributed by atoms with Gasteiger partial charge in [0.25, 0.3) is 0 Å². The van der Waals surface area contributed by atoms with Crippen molar-refractivity contribution < 1.29 is 9.53 Å². The van der Waals surface area contributed by atoms with Crippen LogP contribution in [-0.2, 0) is 23.1 Å². The monoisotopic (exact) mass is 360 g/mol. The van der Waals surface area contributed by atoms with E-state index in [1.54, 1.807) is 10.9 Å². The average Bonchev–Trinajstić information content (AvgIpc) is 3.25. The topological polar surface area (TPSA) is 68.4 Å². The highest BCUT2D eigenvalue weighted by Crippen LogP contribution is 2.30. The summed E-state index contributed by atoms with van der Waals surface area (Å²) >= 11 is 0. The van der Waals surface area contributed by atoms with Gasteiger partial charge in [0.15, 0.2) is 0 Å². The lowest BCUT2D eigenvalue weighted by Gasteiger charge is -2.42. The number of morpholine rings is 1. The Morgan fingerprint density at radius 1 is 1.38 bits per heavy atom. The van der Waals surface area contributed by atoms with Crippen LogP contribution in [-0.4, -0.2) is 75.2 Å². The lowest BCUT2D eigenvalue weighted by Crippen LogP contribution is -2.51. The van der Waals surface area contributed by atoms with Crippen molar-refractivity contribution in [3.8, 4) is 0 Å². The van der Waals surface area contributed by atoms with E-state index in [0.29, 0.717) is 19.6 Å². The summed E-state index contributed by atoms with van der Waals surface area (Å²) in [5.41, 5.74) is 1.03. The van der Waals surface area contributed by atoms with Crippen LogP contribution in [0.2, 0.25) is 0 Å². The zero-order chi connectivity index (χ0) is 18.5. The quantitative estimate of drug-likeness (QED) is 0.735. The number of aromatic nitrogens is 4. The number of amides is 1. The van der Waals surface area contributed by atoms with Gasteiger partial charge in [0.2, 0.25) is 5.91 Å². The molecule has 8 nitrogen and oxygen atoms in total. The van der Waals surface area contributed by atoms with Crippen LogP contribution in [0.5, 0.6) is 0 Å². The van der Waals surface area contributed by atoms with Gasteiger partial charge in [-0.2, -0.15) is 10.2 Å². The molecular formula is C18H28N6O2. The number of carbonyl (C=O) groups excluding carboxylic acids is 1. The first-order valence-corrected chi connectivity index (χ1v) is 9.06. The first-order valence-electron chi connectivity index (χ1n) is 9.06. The molecule has 0 radical (unpaired) electrons. The van der Waals surface area contributed by atoms with Crippen molar-refractivity contribution in [1.29, 1.82) is 0 Å². The van der Waals surface area contributed by atoms with Gasteiger partial charge in [-0.1, -0.05) is 0 Å². The SMILES string of the molecule is CN(C)C[C@@H]1OCCN(C(=O)CCCn2cccn2)[C@H]1c1cnn(C)c1. The van der Waals surface area contributed by atoms with Crippen LogP contribution in [0.3, 0.4) is 0 Å². The Morgan fingerprint density at radius 2 is 2.23 bits per heavy atom. The summed E-state index contributed by atoms with van der Waals surface area (Å²) in [6.07, 6.45) is 8.72. The van der Waals surface area contributed by atoms with Gasteiger partial charge in [-0.15, -0.1) is 0 Å². The normalized spacial score (nSPS) is 20.7. The Bertz CT molecular complexity index is 696. The number of hydrogen-bond donors (Lipinski definition) is 0. The predicted molar refractivity (Wildman–Crippen MR) is 97.4 cm³/mol. The molecule has 0 aromatic carbocycles. The fourth-order valence-corrected chi connectivity index (χ4v) is 3.48. The maximum Gasteiger partial charge on any atom is 0.223 e. The van der Waals surface area contributed by atoms with E-state index < -0.39 is 0 Å². The molecule has 2 aromatic rings. The summed E-state index contributed by atoms with van der Waals surface area (Å²) < 4.78 is 9.66. The first-order chi connectivity index (χ1) is 12.5. The third-order valence-corrected chi connectivity index (χ3v) is 4.62. The van der Waals surface area contributed by atoms with Gasteiger partial charge in [0.05, 0.1) is 24.9 Å². The number of ether oxygens (including phenoxy) is 1. The average molecular weight is 360 g/mol. The number of carbonyl (C=O) groups is 1. The lowest BCUT2D eigenvalue weighted by molar-refractivity contribution is -0.148. The van der Waals surface area contributed by atoms with Crippen molar-refractivity contribution in [1.82, 2.24) is 29.4 Å². The standard InChI is InChI=1S/C18H28N6O2/c1-21(2)14-16-18(15-12-20-22(3)13-15)24(10-11-26-16)17(25)6-4-8-23-9-5-7-19-23/h5,7,9,12-13,16,18H,4,6,8,10-11,14H2,1-3H3/t16-,18-/m0/s1. The lowest BCUT2D eigenvalue weighted by atomic mass is 9.99. The Labute approximate surface area is 154 Å². The largest absolute Gasteiger partial charge is 0.373 e. The van der Waals surface area contributed by atoms with E-state index in [9.17, 15) is 4.79 Å². The van der Waals surface area contributed by atoms with Crippen molar-refractivity contribution in [2.24, 2.45) is 7.05 Å². The first kappa shape index (κ1) is 18.6. The van der Waals surface area contributed by atoms with Crippen LogP contribution >= 0.6 is 0 Å². The molecule has 2 atom stereocenters. The smallest absolute Gasteiger partial charge is 0.223 e. The molecule has 142 valence electrons. The molecule has 1 aliphatic heterocycles. The van der Waals surface area contributed by atoms with E-state index in [1.165, 1.54) is 0 Å². The Kier molecular flexibility index (Phi) is 6.05. The molecule has 0 aliphatic carbocycles. The van der Waals surface area contributed by atoms with Crippen molar-refractivity contribution in [2.75, 3.05) is 33.8 Å². The number of likely N-dealkylation sites (N-methyl/N-ethyl adjacent to an activating group) is 1. The van der Waals surface area contributed by atoms with Gasteiger partial charge in [0, 0.05) is 57.3 Å².